The highest BCUT2D eigenvalue weighted by Crippen LogP contribution is 2.20. The van der Waals surface area contributed by atoms with Crippen LogP contribution in [0, 0.1) is 0 Å². The zero-order chi connectivity index (χ0) is 15.3. The summed E-state index contributed by atoms with van der Waals surface area (Å²) >= 11 is 0. The van der Waals surface area contributed by atoms with Gasteiger partial charge in [0.25, 0.3) is 0 Å². The summed E-state index contributed by atoms with van der Waals surface area (Å²) in [7, 11) is -2.97. The van der Waals surface area contributed by atoms with Crippen molar-refractivity contribution in [3.63, 3.8) is 0 Å². The summed E-state index contributed by atoms with van der Waals surface area (Å²) in [6, 6.07) is -0.0908. The van der Waals surface area contributed by atoms with E-state index in [0.29, 0.717) is 32.6 Å². The minimum Gasteiger partial charge on any atom is -0.378 e. The number of hydrogen-bond acceptors (Lipinski definition) is 5. The first kappa shape index (κ1) is 16.7. The maximum atomic E-state index is 12.6. The summed E-state index contributed by atoms with van der Waals surface area (Å²) in [6.45, 7) is 4.74. The Labute approximate surface area is 127 Å². The predicted octanol–water partition coefficient (Wildman–Crippen LogP) is 0.181. The van der Waals surface area contributed by atoms with E-state index < -0.39 is 9.84 Å². The van der Waals surface area contributed by atoms with E-state index in [9.17, 15) is 13.2 Å². The third kappa shape index (κ3) is 4.93. The van der Waals surface area contributed by atoms with Gasteiger partial charge < -0.3 is 15.0 Å². The normalized spacial score (nSPS) is 28.4. The van der Waals surface area contributed by atoms with Crippen molar-refractivity contribution in [3.8, 4) is 0 Å². The fourth-order valence-corrected chi connectivity index (χ4v) is 4.67. The van der Waals surface area contributed by atoms with Crippen molar-refractivity contribution in [2.75, 3.05) is 37.8 Å². The van der Waals surface area contributed by atoms with Crippen LogP contribution in [0.2, 0.25) is 0 Å². The summed E-state index contributed by atoms with van der Waals surface area (Å²) < 4.78 is 28.7. The molecule has 1 N–H and O–H groups in total. The number of nitrogens with zero attached hydrogens (tertiary/aromatic N) is 1. The van der Waals surface area contributed by atoms with Gasteiger partial charge in [0.15, 0.2) is 9.84 Å². The topological polar surface area (TPSA) is 75.7 Å². The zero-order valence-electron chi connectivity index (χ0n) is 12.7. The second-order valence-electron chi connectivity index (χ2n) is 5.93. The Hall–Kier alpha value is -0.660. The van der Waals surface area contributed by atoms with E-state index in [4.69, 9.17) is 4.74 Å². The fourth-order valence-electron chi connectivity index (χ4n) is 2.94. The first-order chi connectivity index (χ1) is 10.0. The highest BCUT2D eigenvalue weighted by atomic mass is 32.2. The molecule has 122 valence electrons. The van der Waals surface area contributed by atoms with Crippen LogP contribution in [0.3, 0.4) is 0 Å². The molecule has 0 aromatic heterocycles. The lowest BCUT2D eigenvalue weighted by atomic mass is 10.1. The number of amides is 1. The van der Waals surface area contributed by atoms with Crippen LogP contribution in [-0.4, -0.2) is 69.1 Å². The molecule has 21 heavy (non-hydrogen) atoms. The van der Waals surface area contributed by atoms with Crippen LogP contribution < -0.4 is 5.32 Å². The molecular formula is C14H26N2O4S. The van der Waals surface area contributed by atoms with Crippen molar-refractivity contribution >= 4 is 15.7 Å². The third-order valence-electron chi connectivity index (χ3n) is 4.14. The van der Waals surface area contributed by atoms with Gasteiger partial charge in [-0.05, 0) is 12.8 Å². The molecule has 2 unspecified atom stereocenters. The minimum atomic E-state index is -2.97. The van der Waals surface area contributed by atoms with Gasteiger partial charge in [0, 0.05) is 31.6 Å². The van der Waals surface area contributed by atoms with Crippen molar-refractivity contribution in [1.29, 1.82) is 0 Å². The van der Waals surface area contributed by atoms with Crippen LogP contribution in [0.4, 0.5) is 0 Å². The van der Waals surface area contributed by atoms with E-state index in [0.717, 1.165) is 19.4 Å². The van der Waals surface area contributed by atoms with Gasteiger partial charge >= 0.3 is 0 Å². The Morgan fingerprint density at radius 1 is 1.43 bits per heavy atom. The zero-order valence-corrected chi connectivity index (χ0v) is 13.5. The molecule has 2 aliphatic rings. The van der Waals surface area contributed by atoms with Crippen LogP contribution in [-0.2, 0) is 19.4 Å². The highest BCUT2D eigenvalue weighted by molar-refractivity contribution is 7.91. The molecule has 0 saturated carbocycles. The lowest BCUT2D eigenvalue weighted by Crippen LogP contribution is -2.48. The standard InChI is InChI=1S/C14H26N2O4S/c1-2-3-6-16(13-4-8-21(18,19)11-13)14(17)9-12-10-20-7-5-15-12/h12-13,15H,2-11H2,1H3. The number of carbonyl (C=O) groups excluding carboxylic acids is 1. The molecule has 0 radical (unpaired) electrons. The quantitative estimate of drug-likeness (QED) is 0.756. The molecule has 0 aromatic carbocycles. The lowest BCUT2D eigenvalue weighted by Gasteiger charge is -2.31. The average molecular weight is 318 g/mol. The summed E-state index contributed by atoms with van der Waals surface area (Å²) in [6.07, 6.45) is 2.87. The van der Waals surface area contributed by atoms with E-state index in [-0.39, 0.29) is 29.5 Å². The SMILES string of the molecule is CCCCN(C(=O)CC1COCCN1)C1CCS(=O)(=O)C1. The Bertz CT molecular complexity index is 446. The number of hydrogen-bond donors (Lipinski definition) is 1. The van der Waals surface area contributed by atoms with Gasteiger partial charge in [-0.25, -0.2) is 8.42 Å². The molecule has 2 saturated heterocycles. The Morgan fingerprint density at radius 3 is 2.81 bits per heavy atom. The second kappa shape index (κ2) is 7.56. The van der Waals surface area contributed by atoms with Gasteiger partial charge in [0.05, 0.1) is 24.7 Å². The number of sulfone groups is 1. The number of carbonyl (C=O) groups is 1. The van der Waals surface area contributed by atoms with Crippen molar-refractivity contribution < 1.29 is 17.9 Å². The van der Waals surface area contributed by atoms with Gasteiger partial charge in [-0.3, -0.25) is 4.79 Å². The van der Waals surface area contributed by atoms with Crippen molar-refractivity contribution in [3.05, 3.63) is 0 Å². The molecule has 2 fully saturated rings. The molecule has 6 nitrogen and oxygen atoms in total. The summed E-state index contributed by atoms with van der Waals surface area (Å²) in [5.41, 5.74) is 0. The van der Waals surface area contributed by atoms with Gasteiger partial charge in [0.2, 0.25) is 5.91 Å². The summed E-state index contributed by atoms with van der Waals surface area (Å²) in [4.78, 5) is 14.3. The van der Waals surface area contributed by atoms with Crippen LogP contribution >= 0.6 is 0 Å². The van der Waals surface area contributed by atoms with Crippen LogP contribution in [0.15, 0.2) is 0 Å². The number of morpholine rings is 1. The van der Waals surface area contributed by atoms with Crippen molar-refractivity contribution in [2.45, 2.75) is 44.7 Å². The highest BCUT2D eigenvalue weighted by Gasteiger charge is 2.35. The molecule has 1 amide bonds. The molecule has 2 atom stereocenters. The monoisotopic (exact) mass is 318 g/mol. The van der Waals surface area contributed by atoms with Crippen molar-refractivity contribution in [1.82, 2.24) is 10.2 Å². The van der Waals surface area contributed by atoms with Crippen LogP contribution in [0.5, 0.6) is 0 Å². The molecule has 2 heterocycles. The van der Waals surface area contributed by atoms with E-state index in [1.54, 1.807) is 4.90 Å². The molecule has 0 bridgehead atoms. The van der Waals surface area contributed by atoms with Gasteiger partial charge in [-0.2, -0.15) is 0 Å². The van der Waals surface area contributed by atoms with Gasteiger partial charge in [0.1, 0.15) is 0 Å². The Kier molecular flexibility index (Phi) is 6.01. The molecule has 0 aliphatic carbocycles. The second-order valence-corrected chi connectivity index (χ2v) is 8.16. The summed E-state index contributed by atoms with van der Waals surface area (Å²) in [5, 5.41) is 3.28. The van der Waals surface area contributed by atoms with Crippen LogP contribution in [0.1, 0.15) is 32.6 Å². The van der Waals surface area contributed by atoms with Crippen molar-refractivity contribution in [2.24, 2.45) is 0 Å². The summed E-state index contributed by atoms with van der Waals surface area (Å²) in [5.74, 6) is 0.378. The van der Waals surface area contributed by atoms with E-state index in [1.807, 2.05) is 0 Å². The third-order valence-corrected chi connectivity index (χ3v) is 5.89. The molecule has 7 heteroatoms. The number of rotatable bonds is 6. The van der Waals surface area contributed by atoms with E-state index in [2.05, 4.69) is 12.2 Å². The van der Waals surface area contributed by atoms with Gasteiger partial charge in [-0.15, -0.1) is 0 Å². The largest absolute Gasteiger partial charge is 0.378 e. The minimum absolute atomic E-state index is 0.0494. The first-order valence-corrected chi connectivity index (χ1v) is 9.65. The van der Waals surface area contributed by atoms with E-state index in [1.165, 1.54) is 0 Å². The maximum Gasteiger partial charge on any atom is 0.224 e. The maximum absolute atomic E-state index is 12.6. The first-order valence-electron chi connectivity index (χ1n) is 7.83. The smallest absolute Gasteiger partial charge is 0.224 e. The predicted molar refractivity (Wildman–Crippen MR) is 80.9 cm³/mol. The molecule has 2 aliphatic heterocycles. The van der Waals surface area contributed by atoms with Crippen LogP contribution in [0.25, 0.3) is 0 Å². The number of nitrogens with one attached hydrogen (secondary N) is 1. The number of unbranched alkanes of at least 4 members (excludes halogenated alkanes) is 1. The molecule has 2 rings (SSSR count). The Balaban J connectivity index is 1.95. The molecular weight excluding hydrogens is 292 g/mol. The molecule has 0 spiro atoms. The Morgan fingerprint density at radius 2 is 2.24 bits per heavy atom. The fraction of sp³-hybridized carbons (Fsp3) is 0.929. The van der Waals surface area contributed by atoms with E-state index >= 15 is 0 Å². The molecule has 0 aromatic rings. The van der Waals surface area contributed by atoms with Gasteiger partial charge in [-0.1, -0.05) is 13.3 Å². The number of ether oxygens (including phenoxy) is 1. The average Bonchev–Trinajstić information content (AvgIpc) is 2.80. The lowest BCUT2D eigenvalue weighted by molar-refractivity contribution is -0.134.